The quantitative estimate of drug-likeness (QED) is 0.816. The molecule has 6 nitrogen and oxygen atoms in total. The van der Waals surface area contributed by atoms with E-state index in [0.717, 1.165) is 30.6 Å². The second kappa shape index (κ2) is 5.74. The van der Waals surface area contributed by atoms with Gasteiger partial charge in [-0.2, -0.15) is 4.31 Å². The monoisotopic (exact) mass is 305 g/mol. The Morgan fingerprint density at radius 1 is 1.53 bits per heavy atom. The first kappa shape index (κ1) is 14.7. The molecule has 0 amide bonds. The Morgan fingerprint density at radius 2 is 2.21 bits per heavy atom. The lowest BCUT2D eigenvalue weighted by molar-refractivity contribution is 0.198. The first-order chi connectivity index (χ1) is 8.96. The number of nitrogen functional groups attached to an aromatic ring is 1. The van der Waals surface area contributed by atoms with Crippen LogP contribution in [0.5, 0.6) is 0 Å². The maximum absolute atomic E-state index is 12.7. The predicted molar refractivity (Wildman–Crippen MR) is 74.5 cm³/mol. The molecule has 1 saturated carbocycles. The minimum Gasteiger partial charge on any atom is -0.396 e. The van der Waals surface area contributed by atoms with Crippen molar-refractivity contribution >= 4 is 26.5 Å². The summed E-state index contributed by atoms with van der Waals surface area (Å²) in [7, 11) is -3.54. The number of thiazole rings is 1. The van der Waals surface area contributed by atoms with Gasteiger partial charge in [0, 0.05) is 19.2 Å². The average molecular weight is 305 g/mol. The molecule has 0 aliphatic heterocycles. The van der Waals surface area contributed by atoms with Gasteiger partial charge in [-0.3, -0.25) is 0 Å². The number of nitrogens with zero attached hydrogens (tertiary/aromatic N) is 2. The summed E-state index contributed by atoms with van der Waals surface area (Å²) in [6, 6.07) is 0.0549. The van der Waals surface area contributed by atoms with Crippen molar-refractivity contribution in [3.63, 3.8) is 0 Å². The lowest BCUT2D eigenvalue weighted by Crippen LogP contribution is -2.44. The number of rotatable bonds is 6. The Hall–Kier alpha value is -0.700. The van der Waals surface area contributed by atoms with Gasteiger partial charge in [0.05, 0.1) is 5.69 Å². The second-order valence-corrected chi connectivity index (χ2v) is 7.82. The van der Waals surface area contributed by atoms with Gasteiger partial charge in [0.15, 0.2) is 9.34 Å². The third-order valence-electron chi connectivity index (χ3n) is 3.33. The van der Waals surface area contributed by atoms with E-state index in [4.69, 9.17) is 10.8 Å². The van der Waals surface area contributed by atoms with Crippen molar-refractivity contribution in [3.05, 3.63) is 5.69 Å². The van der Waals surface area contributed by atoms with Crippen LogP contribution in [0.15, 0.2) is 4.21 Å². The predicted octanol–water partition coefficient (Wildman–Crippen LogP) is 0.959. The van der Waals surface area contributed by atoms with Crippen molar-refractivity contribution < 1.29 is 13.5 Å². The van der Waals surface area contributed by atoms with E-state index in [9.17, 15) is 8.42 Å². The molecular weight excluding hydrogens is 286 g/mol. The maximum atomic E-state index is 12.7. The number of sulfonamides is 1. The van der Waals surface area contributed by atoms with Crippen LogP contribution in [0.3, 0.4) is 0 Å². The van der Waals surface area contributed by atoms with E-state index < -0.39 is 10.0 Å². The number of nitrogens with two attached hydrogens (primary N) is 1. The lowest BCUT2D eigenvalue weighted by Gasteiger charge is -2.36. The molecule has 0 radical (unpaired) electrons. The zero-order valence-corrected chi connectivity index (χ0v) is 12.5. The SMILES string of the molecule is Cc1nc(N)sc1S(=O)(=O)N(CCCO)C1CCC1. The summed E-state index contributed by atoms with van der Waals surface area (Å²) < 4.78 is 27.1. The standard InChI is InChI=1S/C11H19N3O3S2/c1-8-10(18-11(12)13-8)19(16,17)14(6-3-7-15)9-4-2-5-9/h9,15H,2-7H2,1H3,(H2,12,13). The average Bonchev–Trinajstić information content (AvgIpc) is 2.61. The van der Waals surface area contributed by atoms with Crippen LogP contribution in [0, 0.1) is 6.92 Å². The highest BCUT2D eigenvalue weighted by Crippen LogP contribution is 2.34. The Kier molecular flexibility index (Phi) is 4.44. The van der Waals surface area contributed by atoms with Crippen LogP contribution in [0.2, 0.25) is 0 Å². The topological polar surface area (TPSA) is 96.5 Å². The Labute approximate surface area is 117 Å². The third kappa shape index (κ3) is 2.91. The number of aliphatic hydroxyl groups is 1. The molecule has 8 heteroatoms. The van der Waals surface area contributed by atoms with Gasteiger partial charge >= 0.3 is 0 Å². The molecule has 0 atom stereocenters. The molecule has 1 aliphatic carbocycles. The van der Waals surface area contributed by atoms with E-state index in [-0.39, 0.29) is 22.0 Å². The summed E-state index contributed by atoms with van der Waals surface area (Å²) in [5, 5.41) is 9.20. The van der Waals surface area contributed by atoms with Gasteiger partial charge in [0.25, 0.3) is 10.0 Å². The number of hydrogen-bond donors (Lipinski definition) is 2. The Morgan fingerprint density at radius 3 is 2.63 bits per heavy atom. The summed E-state index contributed by atoms with van der Waals surface area (Å²) in [5.41, 5.74) is 6.04. The normalized spacial score (nSPS) is 16.8. The fourth-order valence-electron chi connectivity index (χ4n) is 2.15. The van der Waals surface area contributed by atoms with Gasteiger partial charge in [-0.05, 0) is 26.2 Å². The molecule has 0 saturated heterocycles. The minimum atomic E-state index is -3.54. The van der Waals surface area contributed by atoms with Gasteiger partial charge in [0.1, 0.15) is 0 Å². The maximum Gasteiger partial charge on any atom is 0.254 e. The number of hydrogen-bond acceptors (Lipinski definition) is 6. The van der Waals surface area contributed by atoms with Crippen LogP contribution in [0.25, 0.3) is 0 Å². The minimum absolute atomic E-state index is 0.0114. The van der Waals surface area contributed by atoms with Gasteiger partial charge in [0.2, 0.25) is 0 Å². The number of aliphatic hydroxyl groups excluding tert-OH is 1. The molecular formula is C11H19N3O3S2. The van der Waals surface area contributed by atoms with Crippen LogP contribution in [-0.4, -0.2) is 42.0 Å². The molecule has 1 aromatic rings. The summed E-state index contributed by atoms with van der Waals surface area (Å²) in [5.74, 6) is 0. The molecule has 0 aromatic carbocycles. The highest BCUT2D eigenvalue weighted by Gasteiger charge is 2.36. The van der Waals surface area contributed by atoms with Crippen LogP contribution < -0.4 is 5.73 Å². The molecule has 108 valence electrons. The van der Waals surface area contributed by atoms with Crippen molar-refractivity contribution in [2.75, 3.05) is 18.9 Å². The highest BCUT2D eigenvalue weighted by molar-refractivity contribution is 7.91. The van der Waals surface area contributed by atoms with Crippen molar-refractivity contribution in [1.82, 2.24) is 9.29 Å². The van der Waals surface area contributed by atoms with Crippen LogP contribution >= 0.6 is 11.3 Å². The fourth-order valence-corrected chi connectivity index (χ4v) is 5.28. The van der Waals surface area contributed by atoms with E-state index >= 15 is 0 Å². The fraction of sp³-hybridized carbons (Fsp3) is 0.727. The smallest absolute Gasteiger partial charge is 0.254 e. The summed E-state index contributed by atoms with van der Waals surface area (Å²) in [6.45, 7) is 1.99. The van der Waals surface area contributed by atoms with Gasteiger partial charge in [-0.15, -0.1) is 0 Å². The van der Waals surface area contributed by atoms with Gasteiger partial charge < -0.3 is 10.8 Å². The summed E-state index contributed by atoms with van der Waals surface area (Å²) >= 11 is 1.01. The Balaban J connectivity index is 2.30. The first-order valence-corrected chi connectivity index (χ1v) is 8.58. The Bertz CT molecular complexity index is 537. The first-order valence-electron chi connectivity index (χ1n) is 6.32. The van der Waals surface area contributed by atoms with E-state index in [0.29, 0.717) is 18.7 Å². The van der Waals surface area contributed by atoms with E-state index in [1.807, 2.05) is 0 Å². The molecule has 0 unspecified atom stereocenters. The molecule has 1 aromatic heterocycles. The zero-order valence-electron chi connectivity index (χ0n) is 10.9. The molecule has 19 heavy (non-hydrogen) atoms. The summed E-state index contributed by atoms with van der Waals surface area (Å²) in [4.78, 5) is 3.98. The van der Waals surface area contributed by atoms with Crippen LogP contribution in [0.1, 0.15) is 31.4 Å². The number of aryl methyl sites for hydroxylation is 1. The molecule has 2 rings (SSSR count). The number of aromatic nitrogens is 1. The highest BCUT2D eigenvalue weighted by atomic mass is 32.2. The number of anilines is 1. The van der Waals surface area contributed by atoms with Crippen molar-refractivity contribution in [3.8, 4) is 0 Å². The summed E-state index contributed by atoms with van der Waals surface area (Å²) in [6.07, 6.45) is 3.28. The van der Waals surface area contributed by atoms with Crippen molar-refractivity contribution in [2.24, 2.45) is 0 Å². The van der Waals surface area contributed by atoms with Crippen LogP contribution in [-0.2, 0) is 10.0 Å². The zero-order chi connectivity index (χ0) is 14.0. The van der Waals surface area contributed by atoms with Gasteiger partial charge in [-0.25, -0.2) is 13.4 Å². The van der Waals surface area contributed by atoms with Gasteiger partial charge in [-0.1, -0.05) is 17.8 Å². The lowest BCUT2D eigenvalue weighted by atomic mass is 9.93. The molecule has 0 spiro atoms. The largest absolute Gasteiger partial charge is 0.396 e. The van der Waals surface area contributed by atoms with E-state index in [1.165, 1.54) is 4.31 Å². The molecule has 1 heterocycles. The van der Waals surface area contributed by atoms with Crippen LogP contribution in [0.4, 0.5) is 5.13 Å². The van der Waals surface area contributed by atoms with E-state index in [1.54, 1.807) is 6.92 Å². The van der Waals surface area contributed by atoms with Crippen molar-refractivity contribution in [1.29, 1.82) is 0 Å². The molecule has 3 N–H and O–H groups in total. The third-order valence-corrected chi connectivity index (χ3v) is 6.86. The molecule has 1 fully saturated rings. The van der Waals surface area contributed by atoms with Crippen molar-refractivity contribution in [2.45, 2.75) is 42.9 Å². The molecule has 1 aliphatic rings. The van der Waals surface area contributed by atoms with E-state index in [2.05, 4.69) is 4.98 Å². The second-order valence-electron chi connectivity index (χ2n) is 4.70. The molecule has 0 bridgehead atoms.